The van der Waals surface area contributed by atoms with Gasteiger partial charge in [0.05, 0.1) is 24.4 Å². The van der Waals surface area contributed by atoms with Crippen molar-refractivity contribution in [3.8, 4) is 0 Å². The molecule has 2 saturated heterocycles. The summed E-state index contributed by atoms with van der Waals surface area (Å²) in [5.41, 5.74) is 1.01. The molecule has 0 radical (unpaired) electrons. The average molecular weight is 389 g/mol. The standard InChI is InChI=1S/C21H32N4O3/c1-15-11-24(12-16(2)28-15)21(27)14-23-9-7-17(13-23)18-10-20(26)25-8-5-3-4-6-19(25)22-18/h10,15-17H,3-9,11-14H2,1-2H3/t15-,16-,17-/m0/s1. The summed E-state index contributed by atoms with van der Waals surface area (Å²) in [7, 11) is 0. The number of nitrogens with zero attached hydrogens (tertiary/aromatic N) is 4. The van der Waals surface area contributed by atoms with E-state index in [4.69, 9.17) is 9.72 Å². The Labute approximate surface area is 166 Å². The molecule has 4 heterocycles. The van der Waals surface area contributed by atoms with Gasteiger partial charge >= 0.3 is 0 Å². The van der Waals surface area contributed by atoms with Crippen LogP contribution >= 0.6 is 0 Å². The third kappa shape index (κ3) is 4.30. The second-order valence-electron chi connectivity index (χ2n) is 8.67. The molecule has 7 nitrogen and oxygen atoms in total. The number of rotatable bonds is 3. The molecule has 1 aromatic heterocycles. The van der Waals surface area contributed by atoms with Crippen molar-refractivity contribution in [3.63, 3.8) is 0 Å². The monoisotopic (exact) mass is 388 g/mol. The third-order valence-electron chi connectivity index (χ3n) is 6.21. The van der Waals surface area contributed by atoms with E-state index in [-0.39, 0.29) is 29.6 Å². The molecule has 28 heavy (non-hydrogen) atoms. The van der Waals surface area contributed by atoms with Crippen LogP contribution in [0.25, 0.3) is 0 Å². The fraction of sp³-hybridized carbons (Fsp3) is 0.762. The van der Waals surface area contributed by atoms with Crippen LogP contribution in [0.5, 0.6) is 0 Å². The fourth-order valence-corrected chi connectivity index (χ4v) is 4.83. The van der Waals surface area contributed by atoms with E-state index in [1.807, 2.05) is 23.3 Å². The SMILES string of the molecule is C[C@H]1CN(C(=O)CN2CC[C@H](c3cc(=O)n4c(n3)CCCCC4)C2)C[C@H](C)O1. The van der Waals surface area contributed by atoms with Gasteiger partial charge in [-0.05, 0) is 39.7 Å². The van der Waals surface area contributed by atoms with Crippen molar-refractivity contribution in [1.82, 2.24) is 19.4 Å². The molecule has 1 amide bonds. The molecule has 3 aliphatic rings. The van der Waals surface area contributed by atoms with Crippen LogP contribution in [0.1, 0.15) is 57.0 Å². The topological polar surface area (TPSA) is 67.7 Å². The zero-order valence-corrected chi connectivity index (χ0v) is 17.1. The van der Waals surface area contributed by atoms with Gasteiger partial charge in [-0.2, -0.15) is 0 Å². The fourth-order valence-electron chi connectivity index (χ4n) is 4.83. The maximum Gasteiger partial charge on any atom is 0.253 e. The normalized spacial score (nSPS) is 28.8. The molecule has 4 rings (SSSR count). The van der Waals surface area contributed by atoms with E-state index in [0.717, 1.165) is 63.3 Å². The van der Waals surface area contributed by atoms with Gasteiger partial charge in [-0.1, -0.05) is 6.42 Å². The van der Waals surface area contributed by atoms with Crippen LogP contribution in [0.3, 0.4) is 0 Å². The second kappa shape index (κ2) is 8.33. The molecule has 154 valence electrons. The lowest BCUT2D eigenvalue weighted by Gasteiger charge is -2.36. The van der Waals surface area contributed by atoms with E-state index >= 15 is 0 Å². The van der Waals surface area contributed by atoms with E-state index in [1.54, 1.807) is 6.07 Å². The highest BCUT2D eigenvalue weighted by molar-refractivity contribution is 5.78. The summed E-state index contributed by atoms with van der Waals surface area (Å²) in [6.07, 6.45) is 5.37. The minimum Gasteiger partial charge on any atom is -0.372 e. The molecule has 3 atom stereocenters. The van der Waals surface area contributed by atoms with Gasteiger partial charge in [0, 0.05) is 44.6 Å². The van der Waals surface area contributed by atoms with Crippen molar-refractivity contribution >= 4 is 5.91 Å². The van der Waals surface area contributed by atoms with Gasteiger partial charge in [0.15, 0.2) is 0 Å². The molecule has 3 aliphatic heterocycles. The quantitative estimate of drug-likeness (QED) is 0.783. The Morgan fingerprint density at radius 3 is 2.71 bits per heavy atom. The van der Waals surface area contributed by atoms with Crippen LogP contribution in [-0.4, -0.2) is 70.2 Å². The number of carbonyl (C=O) groups is 1. The Kier molecular flexibility index (Phi) is 5.83. The van der Waals surface area contributed by atoms with Crippen molar-refractivity contribution in [2.45, 2.75) is 70.6 Å². The molecule has 0 spiro atoms. The highest BCUT2D eigenvalue weighted by Crippen LogP contribution is 2.26. The first-order chi connectivity index (χ1) is 13.5. The van der Waals surface area contributed by atoms with Crippen LogP contribution in [0.2, 0.25) is 0 Å². The Morgan fingerprint density at radius 2 is 1.93 bits per heavy atom. The molecule has 0 aliphatic carbocycles. The average Bonchev–Trinajstić information content (AvgIpc) is 2.97. The number of amides is 1. The van der Waals surface area contributed by atoms with Crippen LogP contribution < -0.4 is 5.56 Å². The summed E-state index contributed by atoms with van der Waals surface area (Å²) in [6, 6.07) is 1.73. The number of ether oxygens (including phenoxy) is 1. The first-order valence-electron chi connectivity index (χ1n) is 10.8. The summed E-state index contributed by atoms with van der Waals surface area (Å²) >= 11 is 0. The predicted molar refractivity (Wildman–Crippen MR) is 106 cm³/mol. The van der Waals surface area contributed by atoms with Gasteiger partial charge in [0.25, 0.3) is 5.56 Å². The lowest BCUT2D eigenvalue weighted by atomic mass is 10.0. The van der Waals surface area contributed by atoms with E-state index in [9.17, 15) is 9.59 Å². The molecule has 0 unspecified atom stereocenters. The molecule has 0 aromatic carbocycles. The number of hydrogen-bond acceptors (Lipinski definition) is 5. The van der Waals surface area contributed by atoms with Gasteiger partial charge in [-0.3, -0.25) is 19.1 Å². The number of aryl methyl sites for hydroxylation is 1. The first kappa shape index (κ1) is 19.6. The number of likely N-dealkylation sites (tertiary alicyclic amines) is 1. The van der Waals surface area contributed by atoms with E-state index in [0.29, 0.717) is 19.6 Å². The zero-order chi connectivity index (χ0) is 19.7. The van der Waals surface area contributed by atoms with Crippen LogP contribution in [0.15, 0.2) is 10.9 Å². The number of fused-ring (bicyclic) bond motifs is 1. The molecule has 0 saturated carbocycles. The third-order valence-corrected chi connectivity index (χ3v) is 6.21. The largest absolute Gasteiger partial charge is 0.372 e. The second-order valence-corrected chi connectivity index (χ2v) is 8.67. The Hall–Kier alpha value is -1.73. The van der Waals surface area contributed by atoms with Crippen molar-refractivity contribution < 1.29 is 9.53 Å². The number of aromatic nitrogens is 2. The van der Waals surface area contributed by atoms with E-state index < -0.39 is 0 Å². The summed E-state index contributed by atoms with van der Waals surface area (Å²) in [6.45, 7) is 8.30. The van der Waals surface area contributed by atoms with Gasteiger partial charge < -0.3 is 9.64 Å². The van der Waals surface area contributed by atoms with Gasteiger partial charge in [0.2, 0.25) is 5.91 Å². The van der Waals surface area contributed by atoms with Crippen LogP contribution in [0.4, 0.5) is 0 Å². The lowest BCUT2D eigenvalue weighted by molar-refractivity contribution is -0.144. The van der Waals surface area contributed by atoms with E-state index in [2.05, 4.69) is 4.90 Å². The van der Waals surface area contributed by atoms with Gasteiger partial charge in [-0.15, -0.1) is 0 Å². The molecule has 1 aromatic rings. The summed E-state index contributed by atoms with van der Waals surface area (Å²) in [5, 5.41) is 0. The maximum atomic E-state index is 12.7. The lowest BCUT2D eigenvalue weighted by Crippen LogP contribution is -2.50. The highest BCUT2D eigenvalue weighted by Gasteiger charge is 2.31. The van der Waals surface area contributed by atoms with Gasteiger partial charge in [-0.25, -0.2) is 4.98 Å². The van der Waals surface area contributed by atoms with Crippen LogP contribution in [-0.2, 0) is 22.5 Å². The summed E-state index contributed by atoms with van der Waals surface area (Å²) in [4.78, 5) is 34.3. The van der Waals surface area contributed by atoms with Crippen molar-refractivity contribution in [3.05, 3.63) is 27.9 Å². The number of morpholine rings is 1. The molecule has 0 N–H and O–H groups in total. The molecular formula is C21H32N4O3. The molecule has 7 heteroatoms. The Bertz CT molecular complexity index is 767. The number of hydrogen-bond donors (Lipinski definition) is 0. The number of carbonyl (C=O) groups excluding carboxylic acids is 1. The minimum atomic E-state index is 0.0905. The van der Waals surface area contributed by atoms with Crippen molar-refractivity contribution in [1.29, 1.82) is 0 Å². The smallest absolute Gasteiger partial charge is 0.253 e. The molecule has 2 fully saturated rings. The zero-order valence-electron chi connectivity index (χ0n) is 17.1. The Morgan fingerprint density at radius 1 is 1.14 bits per heavy atom. The first-order valence-corrected chi connectivity index (χ1v) is 10.8. The minimum absolute atomic E-state index is 0.0905. The molecular weight excluding hydrogens is 356 g/mol. The highest BCUT2D eigenvalue weighted by atomic mass is 16.5. The van der Waals surface area contributed by atoms with Gasteiger partial charge in [0.1, 0.15) is 5.82 Å². The van der Waals surface area contributed by atoms with E-state index in [1.165, 1.54) is 0 Å². The maximum absolute atomic E-state index is 12.7. The van der Waals surface area contributed by atoms with Crippen molar-refractivity contribution in [2.24, 2.45) is 0 Å². The predicted octanol–water partition coefficient (Wildman–Crippen LogP) is 1.39. The summed E-state index contributed by atoms with van der Waals surface area (Å²) < 4.78 is 7.58. The summed E-state index contributed by atoms with van der Waals surface area (Å²) in [5.74, 6) is 1.38. The molecule has 0 bridgehead atoms. The van der Waals surface area contributed by atoms with Crippen molar-refractivity contribution in [2.75, 3.05) is 32.7 Å². The Balaban J connectivity index is 1.39. The van der Waals surface area contributed by atoms with Crippen LogP contribution in [0, 0.1) is 0 Å².